The van der Waals surface area contributed by atoms with Crippen LogP contribution in [0.3, 0.4) is 0 Å². The molecule has 6 heteroatoms. The molecule has 0 radical (unpaired) electrons. The Hall–Kier alpha value is -3.15. The first kappa shape index (κ1) is 18.2. The van der Waals surface area contributed by atoms with Crippen LogP contribution in [0.2, 0.25) is 0 Å². The molecule has 28 heavy (non-hydrogen) atoms. The summed E-state index contributed by atoms with van der Waals surface area (Å²) >= 11 is 0. The smallest absolute Gasteiger partial charge is 0.263 e. The van der Waals surface area contributed by atoms with Crippen molar-refractivity contribution in [3.05, 3.63) is 76.0 Å². The summed E-state index contributed by atoms with van der Waals surface area (Å²) in [6.07, 6.45) is 5.40. The van der Waals surface area contributed by atoms with Gasteiger partial charge in [0.15, 0.2) is 0 Å². The van der Waals surface area contributed by atoms with Crippen molar-refractivity contribution in [1.29, 1.82) is 0 Å². The SMILES string of the molecule is Cc1ccc(-c2cn[nH]c2[C@@H]2CCCN(C(=O)c3cccn(C)c3=O)C2)cc1. The van der Waals surface area contributed by atoms with Crippen LogP contribution >= 0.6 is 0 Å². The summed E-state index contributed by atoms with van der Waals surface area (Å²) in [5, 5.41) is 7.42. The maximum atomic E-state index is 13.0. The Labute approximate surface area is 163 Å². The predicted molar refractivity (Wildman–Crippen MR) is 108 cm³/mol. The second kappa shape index (κ2) is 7.46. The molecule has 1 aromatic carbocycles. The van der Waals surface area contributed by atoms with Gasteiger partial charge in [0, 0.05) is 43.5 Å². The van der Waals surface area contributed by atoms with E-state index in [1.165, 1.54) is 10.1 Å². The first-order valence-electron chi connectivity index (χ1n) is 9.60. The van der Waals surface area contributed by atoms with Crippen LogP contribution in [0.4, 0.5) is 0 Å². The highest BCUT2D eigenvalue weighted by molar-refractivity contribution is 5.94. The monoisotopic (exact) mass is 376 g/mol. The van der Waals surface area contributed by atoms with Crippen LogP contribution in [0.25, 0.3) is 11.1 Å². The third-order valence-electron chi connectivity index (χ3n) is 5.50. The fraction of sp³-hybridized carbons (Fsp3) is 0.318. The number of carbonyl (C=O) groups excluding carboxylic acids is 1. The fourth-order valence-electron chi connectivity index (χ4n) is 3.90. The lowest BCUT2D eigenvalue weighted by molar-refractivity contribution is 0.0703. The summed E-state index contributed by atoms with van der Waals surface area (Å²) in [4.78, 5) is 27.1. The van der Waals surface area contributed by atoms with E-state index < -0.39 is 0 Å². The van der Waals surface area contributed by atoms with Gasteiger partial charge in [0.25, 0.3) is 11.5 Å². The summed E-state index contributed by atoms with van der Waals surface area (Å²) < 4.78 is 1.44. The van der Waals surface area contributed by atoms with Crippen LogP contribution in [0, 0.1) is 6.92 Å². The van der Waals surface area contributed by atoms with Gasteiger partial charge < -0.3 is 9.47 Å². The zero-order chi connectivity index (χ0) is 19.7. The van der Waals surface area contributed by atoms with E-state index in [4.69, 9.17) is 0 Å². The Morgan fingerprint density at radius 2 is 2.00 bits per heavy atom. The molecule has 0 unspecified atom stereocenters. The van der Waals surface area contributed by atoms with Crippen LogP contribution in [-0.2, 0) is 7.05 Å². The van der Waals surface area contributed by atoms with E-state index in [0.717, 1.165) is 29.7 Å². The van der Waals surface area contributed by atoms with E-state index in [-0.39, 0.29) is 22.9 Å². The van der Waals surface area contributed by atoms with Crippen LogP contribution < -0.4 is 5.56 Å². The minimum atomic E-state index is -0.253. The molecule has 4 rings (SSSR count). The molecule has 144 valence electrons. The highest BCUT2D eigenvalue weighted by Crippen LogP contribution is 2.33. The first-order chi connectivity index (χ1) is 13.5. The van der Waals surface area contributed by atoms with Gasteiger partial charge in [-0.3, -0.25) is 14.7 Å². The number of H-pyrrole nitrogens is 1. The van der Waals surface area contributed by atoms with Gasteiger partial charge in [-0.15, -0.1) is 0 Å². The molecule has 0 bridgehead atoms. The molecule has 3 aromatic rings. The lowest BCUT2D eigenvalue weighted by atomic mass is 9.90. The number of aromatic amines is 1. The van der Waals surface area contributed by atoms with E-state index in [2.05, 4.69) is 41.4 Å². The minimum absolute atomic E-state index is 0.170. The van der Waals surface area contributed by atoms with Gasteiger partial charge in [0.05, 0.1) is 6.20 Å². The summed E-state index contributed by atoms with van der Waals surface area (Å²) in [6.45, 7) is 3.32. The predicted octanol–water partition coefficient (Wildman–Crippen LogP) is 3.10. The maximum absolute atomic E-state index is 13.0. The summed E-state index contributed by atoms with van der Waals surface area (Å²) in [7, 11) is 1.66. The number of hydrogen-bond acceptors (Lipinski definition) is 3. The maximum Gasteiger partial charge on any atom is 0.263 e. The number of benzene rings is 1. The van der Waals surface area contributed by atoms with Gasteiger partial charge in [-0.2, -0.15) is 5.10 Å². The van der Waals surface area contributed by atoms with E-state index in [1.807, 2.05) is 6.20 Å². The van der Waals surface area contributed by atoms with Crippen molar-refractivity contribution in [3.8, 4) is 11.1 Å². The average Bonchev–Trinajstić information content (AvgIpc) is 3.20. The molecular formula is C22H24N4O2. The van der Waals surface area contributed by atoms with Gasteiger partial charge in [-0.25, -0.2) is 0 Å². The number of amides is 1. The number of aryl methyl sites for hydroxylation is 2. The second-order valence-corrected chi connectivity index (χ2v) is 7.49. The number of hydrogen-bond donors (Lipinski definition) is 1. The van der Waals surface area contributed by atoms with Crippen molar-refractivity contribution >= 4 is 5.91 Å². The van der Waals surface area contributed by atoms with Crippen molar-refractivity contribution in [1.82, 2.24) is 19.7 Å². The molecule has 6 nitrogen and oxygen atoms in total. The molecule has 1 fully saturated rings. The van der Waals surface area contributed by atoms with E-state index in [9.17, 15) is 9.59 Å². The molecule has 0 saturated carbocycles. The second-order valence-electron chi connectivity index (χ2n) is 7.49. The zero-order valence-corrected chi connectivity index (χ0v) is 16.2. The van der Waals surface area contributed by atoms with Crippen molar-refractivity contribution in [2.24, 2.45) is 7.05 Å². The highest BCUT2D eigenvalue weighted by atomic mass is 16.2. The topological polar surface area (TPSA) is 71.0 Å². The molecule has 1 amide bonds. The van der Waals surface area contributed by atoms with Crippen LogP contribution in [0.5, 0.6) is 0 Å². The van der Waals surface area contributed by atoms with E-state index in [1.54, 1.807) is 30.3 Å². The Morgan fingerprint density at radius 1 is 1.21 bits per heavy atom. The van der Waals surface area contributed by atoms with Gasteiger partial charge in [-0.1, -0.05) is 29.8 Å². The summed E-state index contributed by atoms with van der Waals surface area (Å²) in [5.74, 6) is -0.0219. The van der Waals surface area contributed by atoms with Gasteiger partial charge in [0.1, 0.15) is 5.56 Å². The standard InChI is InChI=1S/C22H24N4O2/c1-15-7-9-16(10-8-15)19-13-23-24-20(19)17-5-3-12-26(14-17)22(28)18-6-4-11-25(2)21(18)27/h4,6-11,13,17H,3,5,12,14H2,1-2H3,(H,23,24)/t17-/m1/s1. The highest BCUT2D eigenvalue weighted by Gasteiger charge is 2.29. The van der Waals surface area contributed by atoms with Crippen LogP contribution in [0.1, 0.15) is 40.4 Å². The lowest BCUT2D eigenvalue weighted by Crippen LogP contribution is -2.41. The third kappa shape index (κ3) is 3.38. The van der Waals surface area contributed by atoms with Gasteiger partial charge in [0.2, 0.25) is 0 Å². The molecule has 0 aliphatic carbocycles. The number of likely N-dealkylation sites (tertiary alicyclic amines) is 1. The first-order valence-corrected chi connectivity index (χ1v) is 9.60. The molecule has 3 heterocycles. The molecule has 1 atom stereocenters. The van der Waals surface area contributed by atoms with E-state index >= 15 is 0 Å². The number of aromatic nitrogens is 3. The van der Waals surface area contributed by atoms with Crippen LogP contribution in [0.15, 0.2) is 53.6 Å². The summed E-state index contributed by atoms with van der Waals surface area (Å²) in [5.41, 5.74) is 4.45. The number of nitrogens with zero attached hydrogens (tertiary/aromatic N) is 3. The van der Waals surface area contributed by atoms with Gasteiger partial charge >= 0.3 is 0 Å². The van der Waals surface area contributed by atoms with Crippen molar-refractivity contribution in [3.63, 3.8) is 0 Å². The largest absolute Gasteiger partial charge is 0.338 e. The van der Waals surface area contributed by atoms with Crippen molar-refractivity contribution < 1.29 is 4.79 Å². The fourth-order valence-corrected chi connectivity index (χ4v) is 3.90. The molecule has 1 aliphatic rings. The average molecular weight is 376 g/mol. The van der Waals surface area contributed by atoms with Crippen molar-refractivity contribution in [2.75, 3.05) is 13.1 Å². The molecule has 1 saturated heterocycles. The number of rotatable bonds is 3. The molecular weight excluding hydrogens is 352 g/mol. The molecule has 2 aromatic heterocycles. The van der Waals surface area contributed by atoms with Crippen molar-refractivity contribution in [2.45, 2.75) is 25.7 Å². The lowest BCUT2D eigenvalue weighted by Gasteiger charge is -2.32. The quantitative estimate of drug-likeness (QED) is 0.764. The van der Waals surface area contributed by atoms with Gasteiger partial charge in [-0.05, 0) is 37.5 Å². The Balaban J connectivity index is 1.59. The number of pyridine rings is 1. The number of nitrogens with one attached hydrogen (secondary N) is 1. The third-order valence-corrected chi connectivity index (χ3v) is 5.50. The Kier molecular flexibility index (Phi) is 4.86. The Morgan fingerprint density at radius 3 is 2.79 bits per heavy atom. The number of piperidine rings is 1. The Bertz CT molecular complexity index is 1050. The normalized spacial score (nSPS) is 16.9. The molecule has 0 spiro atoms. The zero-order valence-electron chi connectivity index (χ0n) is 16.2. The summed E-state index contributed by atoms with van der Waals surface area (Å²) in [6, 6.07) is 11.7. The van der Waals surface area contributed by atoms with Crippen LogP contribution in [-0.4, -0.2) is 38.7 Å². The van der Waals surface area contributed by atoms with E-state index in [0.29, 0.717) is 13.1 Å². The minimum Gasteiger partial charge on any atom is -0.338 e. The molecule has 1 aliphatic heterocycles. The molecule has 1 N–H and O–H groups in total. The number of carbonyl (C=O) groups is 1.